The molecule has 0 radical (unpaired) electrons. The minimum Gasteiger partial charge on any atom is -0.486 e. The predicted octanol–water partition coefficient (Wildman–Crippen LogP) is 2.73. The second-order valence-corrected chi connectivity index (χ2v) is 6.50. The summed E-state index contributed by atoms with van der Waals surface area (Å²) in [6, 6.07) is 19.3. The molecule has 4 aromatic rings. The van der Waals surface area contributed by atoms with Crippen LogP contribution in [0.4, 0.5) is 0 Å². The molecular formula is C22H20N4O3. The van der Waals surface area contributed by atoms with Crippen molar-refractivity contribution in [2.45, 2.75) is 13.2 Å². The van der Waals surface area contributed by atoms with E-state index in [2.05, 4.69) is 19.9 Å². The zero-order chi connectivity index (χ0) is 20.1. The van der Waals surface area contributed by atoms with Gasteiger partial charge in [0.15, 0.2) is 0 Å². The molecule has 7 nitrogen and oxygen atoms in total. The summed E-state index contributed by atoms with van der Waals surface area (Å²) in [4.78, 5) is 31.3. The van der Waals surface area contributed by atoms with E-state index in [0.717, 1.165) is 10.9 Å². The van der Waals surface area contributed by atoms with Crippen LogP contribution < -0.4 is 15.6 Å². The molecule has 0 unspecified atom stereocenters. The molecule has 0 aliphatic heterocycles. The normalized spacial score (nSPS) is 10.8. The SMILES string of the molecule is O=C(NCCn1ccc2ccccc21)c1cnc(COc2ccccc2)[nH]c1=O. The molecule has 29 heavy (non-hydrogen) atoms. The van der Waals surface area contributed by atoms with Gasteiger partial charge in [-0.15, -0.1) is 0 Å². The number of nitrogens with one attached hydrogen (secondary N) is 2. The fourth-order valence-electron chi connectivity index (χ4n) is 3.06. The fourth-order valence-corrected chi connectivity index (χ4v) is 3.06. The molecule has 7 heteroatoms. The van der Waals surface area contributed by atoms with Crippen LogP contribution >= 0.6 is 0 Å². The van der Waals surface area contributed by atoms with Gasteiger partial charge in [-0.1, -0.05) is 36.4 Å². The first-order valence-electron chi connectivity index (χ1n) is 9.29. The number of aromatic amines is 1. The topological polar surface area (TPSA) is 89.0 Å². The highest BCUT2D eigenvalue weighted by molar-refractivity contribution is 5.93. The Morgan fingerprint density at radius 3 is 2.69 bits per heavy atom. The molecule has 0 saturated heterocycles. The molecule has 0 spiro atoms. The highest BCUT2D eigenvalue weighted by Gasteiger charge is 2.12. The summed E-state index contributed by atoms with van der Waals surface area (Å²) in [7, 11) is 0. The van der Waals surface area contributed by atoms with Gasteiger partial charge < -0.3 is 19.6 Å². The van der Waals surface area contributed by atoms with Crippen LogP contribution in [0.5, 0.6) is 5.75 Å². The van der Waals surface area contributed by atoms with Crippen molar-refractivity contribution in [3.63, 3.8) is 0 Å². The summed E-state index contributed by atoms with van der Waals surface area (Å²) in [6.45, 7) is 1.12. The van der Waals surface area contributed by atoms with E-state index in [-0.39, 0.29) is 12.2 Å². The number of hydrogen-bond acceptors (Lipinski definition) is 4. The number of nitrogens with zero attached hydrogens (tertiary/aromatic N) is 2. The largest absolute Gasteiger partial charge is 0.486 e. The minimum atomic E-state index is -0.490. The van der Waals surface area contributed by atoms with Gasteiger partial charge in [-0.3, -0.25) is 9.59 Å². The first kappa shape index (κ1) is 18.5. The Balaban J connectivity index is 1.34. The lowest BCUT2D eigenvalue weighted by Gasteiger charge is -2.08. The van der Waals surface area contributed by atoms with Gasteiger partial charge in [0, 0.05) is 31.0 Å². The molecule has 0 atom stereocenters. The van der Waals surface area contributed by atoms with E-state index < -0.39 is 11.5 Å². The van der Waals surface area contributed by atoms with Crippen LogP contribution in [0, 0.1) is 0 Å². The second-order valence-electron chi connectivity index (χ2n) is 6.50. The van der Waals surface area contributed by atoms with Crippen molar-refractivity contribution in [2.75, 3.05) is 6.54 Å². The lowest BCUT2D eigenvalue weighted by Crippen LogP contribution is -2.32. The molecule has 2 N–H and O–H groups in total. The standard InChI is InChI=1S/C22H20N4O3/c27-21(23-11-13-26-12-10-16-6-4-5-9-19(16)26)18-14-24-20(25-22(18)28)15-29-17-7-2-1-3-8-17/h1-10,12,14H,11,13,15H2,(H,23,27)(H,24,25,28). The minimum absolute atomic E-state index is 0.0224. The third-order valence-electron chi connectivity index (χ3n) is 4.53. The number of benzene rings is 2. The van der Waals surface area contributed by atoms with E-state index in [4.69, 9.17) is 4.74 Å². The van der Waals surface area contributed by atoms with Crippen LogP contribution in [0.1, 0.15) is 16.2 Å². The number of aromatic nitrogens is 3. The first-order valence-corrected chi connectivity index (χ1v) is 9.29. The van der Waals surface area contributed by atoms with Crippen LogP contribution in [0.3, 0.4) is 0 Å². The lowest BCUT2D eigenvalue weighted by atomic mass is 10.2. The molecule has 0 bridgehead atoms. The number of H-pyrrole nitrogens is 1. The van der Waals surface area contributed by atoms with Crippen molar-refractivity contribution in [1.29, 1.82) is 0 Å². The summed E-state index contributed by atoms with van der Waals surface area (Å²) < 4.78 is 7.61. The van der Waals surface area contributed by atoms with Crippen molar-refractivity contribution in [1.82, 2.24) is 19.9 Å². The third kappa shape index (κ3) is 4.35. The summed E-state index contributed by atoms with van der Waals surface area (Å²) in [5.74, 6) is 0.578. The van der Waals surface area contributed by atoms with Gasteiger partial charge in [-0.2, -0.15) is 0 Å². The number of ether oxygens (including phenoxy) is 1. The molecule has 2 aromatic heterocycles. The molecule has 0 saturated carbocycles. The average molecular weight is 388 g/mol. The molecule has 0 aliphatic carbocycles. The number of carbonyl (C=O) groups is 1. The Kier molecular flexibility index (Phi) is 5.38. The molecule has 4 rings (SSSR count). The highest BCUT2D eigenvalue weighted by atomic mass is 16.5. The molecule has 0 aliphatic rings. The van der Waals surface area contributed by atoms with Crippen LogP contribution in [0.15, 0.2) is 77.9 Å². The monoisotopic (exact) mass is 388 g/mol. The first-order chi connectivity index (χ1) is 14.2. The maximum absolute atomic E-state index is 12.3. The predicted molar refractivity (Wildman–Crippen MR) is 110 cm³/mol. The van der Waals surface area contributed by atoms with Crippen LogP contribution in [-0.2, 0) is 13.2 Å². The van der Waals surface area contributed by atoms with Crippen LogP contribution in [-0.4, -0.2) is 27.0 Å². The average Bonchev–Trinajstić information content (AvgIpc) is 3.16. The van der Waals surface area contributed by atoms with E-state index in [1.807, 2.05) is 66.9 Å². The summed E-state index contributed by atoms with van der Waals surface area (Å²) in [5, 5.41) is 3.92. The zero-order valence-electron chi connectivity index (χ0n) is 15.7. The van der Waals surface area contributed by atoms with E-state index >= 15 is 0 Å². The van der Waals surface area contributed by atoms with Gasteiger partial charge in [0.25, 0.3) is 11.5 Å². The fraction of sp³-hybridized carbons (Fsp3) is 0.136. The van der Waals surface area contributed by atoms with Crippen molar-refractivity contribution < 1.29 is 9.53 Å². The maximum Gasteiger partial charge on any atom is 0.263 e. The van der Waals surface area contributed by atoms with Gasteiger partial charge in [-0.05, 0) is 29.7 Å². The molecule has 1 amide bonds. The van der Waals surface area contributed by atoms with Crippen LogP contribution in [0.2, 0.25) is 0 Å². The number of carbonyl (C=O) groups excluding carboxylic acids is 1. The van der Waals surface area contributed by atoms with Crippen molar-refractivity contribution in [3.05, 3.63) is 94.8 Å². The van der Waals surface area contributed by atoms with Crippen molar-refractivity contribution in [2.24, 2.45) is 0 Å². The van der Waals surface area contributed by atoms with Crippen LogP contribution in [0.25, 0.3) is 10.9 Å². The van der Waals surface area contributed by atoms with Gasteiger partial charge in [0.1, 0.15) is 23.7 Å². The van der Waals surface area contributed by atoms with Gasteiger partial charge >= 0.3 is 0 Å². The number of rotatable bonds is 7. The Morgan fingerprint density at radius 1 is 1.07 bits per heavy atom. The Bertz CT molecular complexity index is 1180. The summed E-state index contributed by atoms with van der Waals surface area (Å²) in [5.41, 5.74) is 0.588. The summed E-state index contributed by atoms with van der Waals surface area (Å²) >= 11 is 0. The third-order valence-corrected chi connectivity index (χ3v) is 4.53. The number of amides is 1. The van der Waals surface area contributed by atoms with E-state index in [0.29, 0.717) is 24.7 Å². The molecular weight excluding hydrogens is 368 g/mol. The number of hydrogen-bond donors (Lipinski definition) is 2. The number of fused-ring (bicyclic) bond motifs is 1. The molecule has 146 valence electrons. The maximum atomic E-state index is 12.3. The van der Waals surface area contributed by atoms with Gasteiger partial charge in [0.05, 0.1) is 0 Å². The van der Waals surface area contributed by atoms with E-state index in [1.165, 1.54) is 6.20 Å². The quantitative estimate of drug-likeness (QED) is 0.509. The van der Waals surface area contributed by atoms with Crippen molar-refractivity contribution in [3.8, 4) is 5.75 Å². The van der Waals surface area contributed by atoms with Gasteiger partial charge in [-0.25, -0.2) is 4.98 Å². The molecule has 2 aromatic carbocycles. The smallest absolute Gasteiger partial charge is 0.263 e. The summed E-state index contributed by atoms with van der Waals surface area (Å²) in [6.07, 6.45) is 3.26. The van der Waals surface area contributed by atoms with Gasteiger partial charge in [0.2, 0.25) is 0 Å². The second kappa shape index (κ2) is 8.43. The Morgan fingerprint density at radius 2 is 1.86 bits per heavy atom. The number of para-hydroxylation sites is 2. The van der Waals surface area contributed by atoms with E-state index in [9.17, 15) is 9.59 Å². The highest BCUT2D eigenvalue weighted by Crippen LogP contribution is 2.14. The Hall–Kier alpha value is -3.87. The molecule has 2 heterocycles. The van der Waals surface area contributed by atoms with Crippen molar-refractivity contribution >= 4 is 16.8 Å². The lowest BCUT2D eigenvalue weighted by molar-refractivity contribution is 0.0950. The van der Waals surface area contributed by atoms with E-state index in [1.54, 1.807) is 0 Å². The molecule has 0 fully saturated rings. The zero-order valence-corrected chi connectivity index (χ0v) is 15.7. The Labute approximate surface area is 167 Å².